The molecule has 2 N–H and O–H groups in total. The lowest BCUT2D eigenvalue weighted by atomic mass is 9.84. The molecule has 4 aromatic rings. The third kappa shape index (κ3) is 7.84. The number of amides is 1. The summed E-state index contributed by atoms with van der Waals surface area (Å²) in [6, 6.07) is 26.7. The maximum absolute atomic E-state index is 14.7. The summed E-state index contributed by atoms with van der Waals surface area (Å²) in [6.07, 6.45) is -1.01. The molecule has 0 unspecified atom stereocenters. The first-order chi connectivity index (χ1) is 24.3. The van der Waals surface area contributed by atoms with Crippen molar-refractivity contribution in [3.05, 3.63) is 124 Å². The minimum Gasteiger partial charge on any atom is -0.494 e. The third-order valence-electron chi connectivity index (χ3n) is 8.18. The Kier molecular flexibility index (Phi) is 11.6. The zero-order chi connectivity index (χ0) is 35.6. The number of nitrogens with zero attached hydrogens (tertiary/aromatic N) is 4. The number of carbonyl (C=O) groups excluding carboxylic acids is 1. The van der Waals surface area contributed by atoms with Crippen molar-refractivity contribution in [3.63, 3.8) is 0 Å². The topological polar surface area (TPSA) is 182 Å². The van der Waals surface area contributed by atoms with Gasteiger partial charge in [-0.1, -0.05) is 59.7 Å². The van der Waals surface area contributed by atoms with Gasteiger partial charge in [-0.25, -0.2) is 13.4 Å². The van der Waals surface area contributed by atoms with E-state index in [2.05, 4.69) is 15.3 Å². The number of ether oxygens (including phenoxy) is 4. The Balaban J connectivity index is 1.61. The van der Waals surface area contributed by atoms with Gasteiger partial charge < -0.3 is 29.4 Å². The van der Waals surface area contributed by atoms with Crippen molar-refractivity contribution in [2.45, 2.75) is 35.9 Å². The Bertz CT molecular complexity index is 1980. The number of rotatable bonds is 16. The predicted octanol–water partition coefficient (Wildman–Crippen LogP) is 5.84. The van der Waals surface area contributed by atoms with Crippen LogP contribution in [0.4, 0.5) is 5.69 Å². The van der Waals surface area contributed by atoms with Crippen LogP contribution >= 0.6 is 0 Å². The van der Waals surface area contributed by atoms with Crippen LogP contribution in [0.5, 0.6) is 17.2 Å². The predicted molar refractivity (Wildman–Crippen MR) is 186 cm³/mol. The van der Waals surface area contributed by atoms with E-state index in [0.29, 0.717) is 47.0 Å². The molecule has 0 aliphatic carbocycles. The maximum atomic E-state index is 14.7. The molecule has 0 radical (unpaired) electrons. The standard InChI is InChI=1S/C36H37N5O8S/c1-46-31-15-8-10-26(32(31)47-2)24-38-35(43)36(20-23-50(44,45)28-11-4-3-5-12-28)33(29-13-6-7-14-30(29)40-41-37)49-34(39-36)25-16-18-27(19-17-25)48-22-9-21-42/h3-8,10-19,33,42H,9,20-24H2,1-2H3,(H,38,43)/t33-,36-/m1/s1. The number of para-hydroxylation sites is 1. The number of methoxy groups -OCH3 is 2. The Labute approximate surface area is 290 Å². The summed E-state index contributed by atoms with van der Waals surface area (Å²) < 4.78 is 50.4. The number of carbonyl (C=O) groups is 1. The second-order valence-corrected chi connectivity index (χ2v) is 13.4. The normalized spacial score (nSPS) is 16.8. The Morgan fingerprint density at radius 1 is 1.00 bits per heavy atom. The average Bonchev–Trinajstić information content (AvgIpc) is 3.54. The number of hydrogen-bond acceptors (Lipinski definition) is 10. The van der Waals surface area contributed by atoms with Crippen LogP contribution in [0.25, 0.3) is 10.4 Å². The fourth-order valence-corrected chi connectivity index (χ4v) is 7.04. The first-order valence-corrected chi connectivity index (χ1v) is 17.4. The van der Waals surface area contributed by atoms with Crippen LogP contribution in [0.2, 0.25) is 0 Å². The molecule has 5 rings (SSSR count). The van der Waals surface area contributed by atoms with Crippen molar-refractivity contribution < 1.29 is 37.3 Å². The molecule has 13 nitrogen and oxygen atoms in total. The van der Waals surface area contributed by atoms with Gasteiger partial charge in [-0.05, 0) is 48.0 Å². The summed E-state index contributed by atoms with van der Waals surface area (Å²) in [5.41, 5.74) is 9.19. The molecule has 2 atom stereocenters. The number of aliphatic hydroxyl groups is 1. The van der Waals surface area contributed by atoms with Crippen molar-refractivity contribution in [1.29, 1.82) is 0 Å². The zero-order valence-electron chi connectivity index (χ0n) is 27.6. The lowest BCUT2D eigenvalue weighted by Crippen LogP contribution is -2.49. The van der Waals surface area contributed by atoms with E-state index >= 15 is 0 Å². The van der Waals surface area contributed by atoms with E-state index in [-0.39, 0.29) is 36.1 Å². The van der Waals surface area contributed by atoms with Crippen molar-refractivity contribution in [2.24, 2.45) is 10.1 Å². The molecule has 0 saturated heterocycles. The van der Waals surface area contributed by atoms with Crippen molar-refractivity contribution in [1.82, 2.24) is 5.32 Å². The number of aliphatic hydroxyl groups excluding tert-OH is 1. The number of azide groups is 1. The number of aliphatic imine (C=N–C) groups is 1. The Morgan fingerprint density at radius 2 is 1.74 bits per heavy atom. The Hall–Kier alpha value is -5.56. The van der Waals surface area contributed by atoms with Gasteiger partial charge in [0.2, 0.25) is 5.90 Å². The van der Waals surface area contributed by atoms with E-state index in [1.165, 1.54) is 26.4 Å². The molecule has 0 saturated carbocycles. The van der Waals surface area contributed by atoms with Gasteiger partial charge in [0.15, 0.2) is 33.0 Å². The number of sulfone groups is 1. The lowest BCUT2D eigenvalue weighted by molar-refractivity contribution is -0.129. The number of hydrogen-bond donors (Lipinski definition) is 2. The summed E-state index contributed by atoms with van der Waals surface area (Å²) in [5.74, 6) is 0.456. The van der Waals surface area contributed by atoms with Crippen LogP contribution in [0.15, 0.2) is 112 Å². The maximum Gasteiger partial charge on any atom is 0.252 e. The average molecular weight is 700 g/mol. The molecule has 1 amide bonds. The summed E-state index contributed by atoms with van der Waals surface area (Å²) in [5, 5.41) is 15.9. The molecular formula is C36H37N5O8S. The van der Waals surface area contributed by atoms with E-state index in [0.717, 1.165) is 0 Å². The molecule has 1 aliphatic heterocycles. The highest BCUT2D eigenvalue weighted by molar-refractivity contribution is 7.91. The molecule has 0 fully saturated rings. The van der Waals surface area contributed by atoms with Crippen LogP contribution in [0, 0.1) is 0 Å². The number of nitrogens with one attached hydrogen (secondary N) is 1. The van der Waals surface area contributed by atoms with Gasteiger partial charge in [-0.2, -0.15) is 0 Å². The minimum atomic E-state index is -3.89. The van der Waals surface area contributed by atoms with Gasteiger partial charge in [0.1, 0.15) is 5.75 Å². The second-order valence-electron chi connectivity index (χ2n) is 11.3. The Morgan fingerprint density at radius 3 is 2.44 bits per heavy atom. The molecule has 14 heteroatoms. The minimum absolute atomic E-state index is 0.00379. The van der Waals surface area contributed by atoms with Crippen LogP contribution in [0.1, 0.15) is 35.6 Å². The van der Waals surface area contributed by atoms with Crippen LogP contribution in [-0.2, 0) is 25.9 Å². The molecule has 0 aromatic heterocycles. The van der Waals surface area contributed by atoms with E-state index < -0.39 is 33.1 Å². The largest absolute Gasteiger partial charge is 0.494 e. The fourth-order valence-electron chi connectivity index (χ4n) is 5.65. The number of benzene rings is 4. The summed E-state index contributed by atoms with van der Waals surface area (Å²) in [4.78, 5) is 22.6. The summed E-state index contributed by atoms with van der Waals surface area (Å²) in [7, 11) is -0.888. The van der Waals surface area contributed by atoms with Crippen LogP contribution < -0.4 is 19.5 Å². The fraction of sp³-hybridized carbons (Fsp3) is 0.278. The highest BCUT2D eigenvalue weighted by atomic mass is 32.2. The summed E-state index contributed by atoms with van der Waals surface area (Å²) >= 11 is 0. The van der Waals surface area contributed by atoms with E-state index in [1.807, 2.05) is 0 Å². The molecular weight excluding hydrogens is 662 g/mol. The second kappa shape index (κ2) is 16.2. The zero-order valence-corrected chi connectivity index (χ0v) is 28.4. The van der Waals surface area contributed by atoms with Gasteiger partial charge in [0.05, 0.1) is 31.5 Å². The molecule has 0 spiro atoms. The SMILES string of the molecule is COc1cccc(CNC(=O)[C@]2(CCS(=O)(=O)c3ccccc3)N=C(c3ccc(OCCCO)cc3)O[C@@H]2c2ccccc2N=[N+]=[N-])c1OC. The molecule has 260 valence electrons. The van der Waals surface area contributed by atoms with Gasteiger partial charge in [-0.15, -0.1) is 0 Å². The lowest BCUT2D eigenvalue weighted by Gasteiger charge is -2.31. The van der Waals surface area contributed by atoms with Gasteiger partial charge in [0, 0.05) is 53.3 Å². The van der Waals surface area contributed by atoms with Crippen LogP contribution in [0.3, 0.4) is 0 Å². The van der Waals surface area contributed by atoms with Crippen molar-refractivity contribution in [3.8, 4) is 17.2 Å². The van der Waals surface area contributed by atoms with Gasteiger partial charge >= 0.3 is 0 Å². The molecule has 0 bridgehead atoms. The monoisotopic (exact) mass is 699 g/mol. The molecule has 4 aromatic carbocycles. The molecule has 50 heavy (non-hydrogen) atoms. The highest BCUT2D eigenvalue weighted by Crippen LogP contribution is 2.46. The first-order valence-electron chi connectivity index (χ1n) is 15.8. The quantitative estimate of drug-likeness (QED) is 0.0633. The smallest absolute Gasteiger partial charge is 0.252 e. The third-order valence-corrected chi connectivity index (χ3v) is 9.91. The van der Waals surface area contributed by atoms with Crippen LogP contribution in [-0.4, -0.2) is 64.1 Å². The van der Waals surface area contributed by atoms with E-state index in [1.54, 1.807) is 84.9 Å². The molecule has 1 aliphatic rings. The van der Waals surface area contributed by atoms with Crippen molar-refractivity contribution in [2.75, 3.05) is 33.2 Å². The van der Waals surface area contributed by atoms with Gasteiger partial charge in [-0.3, -0.25) is 4.79 Å². The van der Waals surface area contributed by atoms with E-state index in [4.69, 9.17) is 29.0 Å². The molecule has 1 heterocycles. The van der Waals surface area contributed by atoms with Crippen molar-refractivity contribution >= 4 is 27.3 Å². The van der Waals surface area contributed by atoms with Gasteiger partial charge in [0.25, 0.3) is 5.91 Å². The first kappa shape index (κ1) is 35.7. The summed E-state index contributed by atoms with van der Waals surface area (Å²) in [6.45, 7) is 0.306. The highest BCUT2D eigenvalue weighted by Gasteiger charge is 2.54. The van der Waals surface area contributed by atoms with E-state index in [9.17, 15) is 18.7 Å².